The van der Waals surface area contributed by atoms with Crippen molar-refractivity contribution >= 4 is 34.4 Å². The van der Waals surface area contributed by atoms with E-state index in [0.29, 0.717) is 33.8 Å². The molecule has 7 heteroatoms. The van der Waals surface area contributed by atoms with Gasteiger partial charge in [0, 0.05) is 11.3 Å². The van der Waals surface area contributed by atoms with Crippen LogP contribution in [0.5, 0.6) is 0 Å². The molecule has 0 radical (unpaired) electrons. The molecule has 0 atom stereocenters. The zero-order valence-corrected chi connectivity index (χ0v) is 15.9. The Morgan fingerprint density at radius 2 is 1.92 bits per heavy atom. The molecule has 0 aliphatic heterocycles. The highest BCUT2D eigenvalue weighted by Crippen LogP contribution is 2.34. The Balaban J connectivity index is 2.04. The summed E-state index contributed by atoms with van der Waals surface area (Å²) >= 11 is 7.36. The summed E-state index contributed by atoms with van der Waals surface area (Å²) in [6.07, 6.45) is 0.905. The maximum atomic E-state index is 15.2. The van der Waals surface area contributed by atoms with Crippen molar-refractivity contribution in [3.05, 3.63) is 57.6 Å². The first-order chi connectivity index (χ1) is 12.5. The van der Waals surface area contributed by atoms with Gasteiger partial charge in [-0.25, -0.2) is 9.97 Å². The monoisotopic (exact) mass is 386 g/mol. The Morgan fingerprint density at radius 3 is 2.50 bits per heavy atom. The molecule has 0 spiro atoms. The summed E-state index contributed by atoms with van der Waals surface area (Å²) in [6.45, 7) is 3.80. The van der Waals surface area contributed by atoms with Crippen LogP contribution in [0.2, 0.25) is 4.34 Å². The summed E-state index contributed by atoms with van der Waals surface area (Å²) in [6, 6.07) is 12.5. The lowest BCUT2D eigenvalue weighted by Gasteiger charge is -2.18. The van der Waals surface area contributed by atoms with Gasteiger partial charge < -0.3 is 0 Å². The van der Waals surface area contributed by atoms with Crippen LogP contribution in [0.15, 0.2) is 36.4 Å². The van der Waals surface area contributed by atoms with E-state index in [1.165, 1.54) is 11.3 Å². The second-order valence-electron chi connectivity index (χ2n) is 5.67. The Kier molecular flexibility index (Phi) is 5.50. The number of hydrogen-bond acceptors (Lipinski definition) is 5. The number of nitrogens with zero attached hydrogens (tertiary/aromatic N) is 4. The number of thiophene rings is 1. The average Bonchev–Trinajstić information content (AvgIpc) is 3.08. The van der Waals surface area contributed by atoms with E-state index in [1.54, 1.807) is 30.3 Å². The molecule has 2 aromatic heterocycles. The number of aryl methyl sites for hydroxylation is 1. The molecule has 132 valence electrons. The standard InChI is InChI=1S/C19H16ClFN4S/c1-3-15-12(2)23-18(16-8-9-17(20)26-16)24-19(15)25(21)14-6-4-13(5-7-14)10-11-22/h4-9H,3,10H2,1-2H3. The number of halogens is 2. The number of rotatable bonds is 5. The number of benzene rings is 1. The van der Waals surface area contributed by atoms with Gasteiger partial charge in [-0.15, -0.1) is 11.3 Å². The molecular formula is C19H16ClFN4S. The van der Waals surface area contributed by atoms with Crippen molar-refractivity contribution in [2.24, 2.45) is 0 Å². The Morgan fingerprint density at radius 1 is 1.19 bits per heavy atom. The van der Waals surface area contributed by atoms with Gasteiger partial charge in [-0.1, -0.05) is 35.1 Å². The Hall–Kier alpha value is -2.49. The molecule has 0 aliphatic rings. The molecule has 0 saturated heterocycles. The van der Waals surface area contributed by atoms with Crippen molar-refractivity contribution in [1.29, 1.82) is 5.26 Å². The molecular weight excluding hydrogens is 371 g/mol. The quantitative estimate of drug-likeness (QED) is 0.518. The van der Waals surface area contributed by atoms with E-state index in [9.17, 15) is 0 Å². The molecule has 0 amide bonds. The van der Waals surface area contributed by atoms with Crippen LogP contribution >= 0.6 is 22.9 Å². The minimum atomic E-state index is 0.229. The minimum Gasteiger partial charge on any atom is -0.232 e. The second-order valence-corrected chi connectivity index (χ2v) is 7.39. The van der Waals surface area contributed by atoms with E-state index < -0.39 is 0 Å². The van der Waals surface area contributed by atoms with E-state index in [0.717, 1.165) is 21.7 Å². The SMILES string of the molecule is CCc1c(C)nc(-c2ccc(Cl)s2)nc1N(F)c1ccc(CC#N)cc1. The van der Waals surface area contributed by atoms with E-state index in [-0.39, 0.29) is 5.82 Å². The topological polar surface area (TPSA) is 52.8 Å². The number of anilines is 2. The van der Waals surface area contributed by atoms with Gasteiger partial charge in [0.05, 0.1) is 27.4 Å². The molecule has 0 aliphatic carbocycles. The summed E-state index contributed by atoms with van der Waals surface area (Å²) in [7, 11) is 0. The van der Waals surface area contributed by atoms with E-state index in [4.69, 9.17) is 16.9 Å². The van der Waals surface area contributed by atoms with E-state index in [2.05, 4.69) is 16.0 Å². The van der Waals surface area contributed by atoms with Crippen LogP contribution in [0, 0.1) is 18.3 Å². The van der Waals surface area contributed by atoms with Crippen LogP contribution in [-0.2, 0) is 12.8 Å². The predicted molar refractivity (Wildman–Crippen MR) is 103 cm³/mol. The third-order valence-corrected chi connectivity index (χ3v) is 5.20. The Labute approximate surface area is 160 Å². The zero-order chi connectivity index (χ0) is 18.7. The van der Waals surface area contributed by atoms with Crippen LogP contribution < -0.4 is 5.12 Å². The second kappa shape index (κ2) is 7.81. The highest BCUT2D eigenvalue weighted by Gasteiger charge is 2.19. The van der Waals surface area contributed by atoms with E-state index in [1.807, 2.05) is 19.9 Å². The maximum Gasteiger partial charge on any atom is 0.172 e. The molecule has 4 nitrogen and oxygen atoms in total. The number of aromatic nitrogens is 2. The van der Waals surface area contributed by atoms with Crippen molar-refractivity contribution in [1.82, 2.24) is 9.97 Å². The molecule has 3 rings (SSSR count). The van der Waals surface area contributed by atoms with Crippen molar-refractivity contribution in [2.45, 2.75) is 26.7 Å². The lowest BCUT2D eigenvalue weighted by Crippen LogP contribution is -2.12. The fourth-order valence-corrected chi connectivity index (χ4v) is 3.64. The van der Waals surface area contributed by atoms with Gasteiger partial charge in [-0.2, -0.15) is 10.4 Å². The molecule has 0 bridgehead atoms. The van der Waals surface area contributed by atoms with Crippen molar-refractivity contribution in [2.75, 3.05) is 5.12 Å². The highest BCUT2D eigenvalue weighted by atomic mass is 35.5. The Bertz CT molecular complexity index is 963. The normalized spacial score (nSPS) is 10.6. The highest BCUT2D eigenvalue weighted by molar-refractivity contribution is 7.19. The van der Waals surface area contributed by atoms with Gasteiger partial charge in [-0.05, 0) is 43.2 Å². The summed E-state index contributed by atoms with van der Waals surface area (Å²) in [4.78, 5) is 9.77. The smallest absolute Gasteiger partial charge is 0.172 e. The molecule has 0 N–H and O–H groups in total. The van der Waals surface area contributed by atoms with Gasteiger partial charge in [0.25, 0.3) is 0 Å². The van der Waals surface area contributed by atoms with Crippen LogP contribution in [0.3, 0.4) is 0 Å². The molecule has 0 fully saturated rings. The van der Waals surface area contributed by atoms with Crippen LogP contribution in [0.4, 0.5) is 16.0 Å². The average molecular weight is 387 g/mol. The van der Waals surface area contributed by atoms with Crippen LogP contribution in [-0.4, -0.2) is 9.97 Å². The fraction of sp³-hybridized carbons (Fsp3) is 0.211. The van der Waals surface area contributed by atoms with Gasteiger partial charge in [-0.3, -0.25) is 0 Å². The number of hydrogen-bond donors (Lipinski definition) is 0. The van der Waals surface area contributed by atoms with Gasteiger partial charge in [0.15, 0.2) is 11.6 Å². The fourth-order valence-electron chi connectivity index (χ4n) is 2.66. The van der Waals surface area contributed by atoms with Gasteiger partial charge in [0.1, 0.15) is 0 Å². The largest absolute Gasteiger partial charge is 0.232 e. The minimum absolute atomic E-state index is 0.229. The third kappa shape index (κ3) is 3.69. The summed E-state index contributed by atoms with van der Waals surface area (Å²) in [5, 5.41) is 9.33. The molecule has 0 saturated carbocycles. The first-order valence-electron chi connectivity index (χ1n) is 8.08. The lowest BCUT2D eigenvalue weighted by molar-refractivity contribution is 0.496. The van der Waals surface area contributed by atoms with Crippen molar-refractivity contribution < 1.29 is 4.48 Å². The lowest BCUT2D eigenvalue weighted by atomic mass is 10.1. The van der Waals surface area contributed by atoms with Crippen molar-refractivity contribution in [3.63, 3.8) is 0 Å². The molecule has 3 aromatic rings. The van der Waals surface area contributed by atoms with Gasteiger partial charge in [0.2, 0.25) is 0 Å². The third-order valence-electron chi connectivity index (χ3n) is 3.97. The van der Waals surface area contributed by atoms with Crippen LogP contribution in [0.25, 0.3) is 10.7 Å². The van der Waals surface area contributed by atoms with Crippen molar-refractivity contribution in [3.8, 4) is 16.8 Å². The molecule has 2 heterocycles. The first kappa shape index (κ1) is 18.3. The maximum absolute atomic E-state index is 15.2. The molecule has 0 unspecified atom stereocenters. The molecule has 26 heavy (non-hydrogen) atoms. The summed E-state index contributed by atoms with van der Waals surface area (Å²) in [5.41, 5.74) is 2.68. The molecule has 1 aromatic carbocycles. The zero-order valence-electron chi connectivity index (χ0n) is 14.3. The first-order valence-corrected chi connectivity index (χ1v) is 9.28. The van der Waals surface area contributed by atoms with Crippen LogP contribution in [0.1, 0.15) is 23.7 Å². The number of nitriles is 1. The summed E-state index contributed by atoms with van der Waals surface area (Å²) < 4.78 is 15.8. The predicted octanol–water partition coefficient (Wildman–Crippen LogP) is 5.82. The van der Waals surface area contributed by atoms with E-state index >= 15 is 4.48 Å². The summed E-state index contributed by atoms with van der Waals surface area (Å²) in [5.74, 6) is 0.683. The van der Waals surface area contributed by atoms with Gasteiger partial charge >= 0.3 is 0 Å².